The van der Waals surface area contributed by atoms with E-state index in [1.165, 1.54) is 0 Å². The lowest BCUT2D eigenvalue weighted by Crippen LogP contribution is -2.33. The molecule has 1 amide bonds. The van der Waals surface area contributed by atoms with Gasteiger partial charge in [-0.05, 0) is 27.2 Å². The molecule has 0 aromatic rings. The van der Waals surface area contributed by atoms with Crippen LogP contribution in [0.25, 0.3) is 0 Å². The average Bonchev–Trinajstić information content (AvgIpc) is 2.43. The van der Waals surface area contributed by atoms with Gasteiger partial charge >= 0.3 is 0 Å². The van der Waals surface area contributed by atoms with Gasteiger partial charge in [-0.1, -0.05) is 36.5 Å². The number of amides is 1. The normalized spacial score (nSPS) is 23.4. The molecular formula is C13H19NO. The summed E-state index contributed by atoms with van der Waals surface area (Å²) in [6.07, 6.45) is 0.700. The highest BCUT2D eigenvalue weighted by molar-refractivity contribution is 5.91. The van der Waals surface area contributed by atoms with E-state index in [0.717, 1.165) is 16.7 Å². The smallest absolute Gasteiger partial charge is 0.234 e. The third-order valence-corrected chi connectivity index (χ3v) is 3.26. The molecule has 1 N–H and O–H groups in total. The van der Waals surface area contributed by atoms with Gasteiger partial charge in [0.2, 0.25) is 5.91 Å². The summed E-state index contributed by atoms with van der Waals surface area (Å²) in [7, 11) is 0. The molecule has 1 unspecified atom stereocenters. The minimum absolute atomic E-state index is 0.00972. The molecule has 1 aliphatic rings. The van der Waals surface area contributed by atoms with E-state index in [1.54, 1.807) is 0 Å². The molecule has 1 fully saturated rings. The summed E-state index contributed by atoms with van der Waals surface area (Å²) in [5.74, 6) is 0.00972. The number of hydrogen-bond donors (Lipinski definition) is 1. The van der Waals surface area contributed by atoms with E-state index in [-0.39, 0.29) is 11.9 Å². The lowest BCUT2D eigenvalue weighted by atomic mass is 9.73. The van der Waals surface area contributed by atoms with Gasteiger partial charge in [0.1, 0.15) is 0 Å². The van der Waals surface area contributed by atoms with E-state index in [9.17, 15) is 4.79 Å². The molecule has 0 saturated carbocycles. The Balaban J connectivity index is 3.13. The molecule has 0 aliphatic carbocycles. The van der Waals surface area contributed by atoms with Crippen LogP contribution in [-0.4, -0.2) is 11.9 Å². The van der Waals surface area contributed by atoms with E-state index in [2.05, 4.69) is 25.1 Å². The van der Waals surface area contributed by atoms with Crippen LogP contribution in [0.5, 0.6) is 0 Å². The Hall–Kier alpha value is -1.31. The fraction of sp³-hybridized carbons (Fsp3) is 0.462. The van der Waals surface area contributed by atoms with Gasteiger partial charge in [0.25, 0.3) is 0 Å². The first-order chi connectivity index (χ1) is 6.82. The summed E-state index contributed by atoms with van der Waals surface area (Å²) in [6.45, 7) is 17.4. The minimum Gasteiger partial charge on any atom is -0.349 e. The molecule has 1 aliphatic heterocycles. The van der Waals surface area contributed by atoms with Crippen molar-refractivity contribution < 1.29 is 4.79 Å². The number of rotatable bonds is 3. The van der Waals surface area contributed by atoms with E-state index in [1.807, 2.05) is 20.8 Å². The Morgan fingerprint density at radius 3 is 1.93 bits per heavy atom. The summed E-state index contributed by atoms with van der Waals surface area (Å²) < 4.78 is 0. The van der Waals surface area contributed by atoms with Crippen LogP contribution in [0, 0.1) is 5.41 Å². The van der Waals surface area contributed by atoms with Crippen LogP contribution < -0.4 is 5.32 Å². The van der Waals surface area contributed by atoms with Crippen LogP contribution in [0.15, 0.2) is 36.5 Å². The predicted octanol–water partition coefficient (Wildman–Crippen LogP) is 2.59. The third kappa shape index (κ3) is 1.65. The van der Waals surface area contributed by atoms with Gasteiger partial charge in [-0.3, -0.25) is 4.79 Å². The molecule has 2 heteroatoms. The Labute approximate surface area is 91.8 Å². The number of carbonyl (C=O) groups excluding carboxylic acids is 1. The van der Waals surface area contributed by atoms with Crippen molar-refractivity contribution in [1.82, 2.24) is 5.32 Å². The maximum atomic E-state index is 12.0. The summed E-state index contributed by atoms with van der Waals surface area (Å²) in [5.41, 5.74) is 2.10. The van der Waals surface area contributed by atoms with Crippen LogP contribution in [0.3, 0.4) is 0 Å². The Morgan fingerprint density at radius 1 is 1.27 bits per heavy atom. The summed E-state index contributed by atoms with van der Waals surface area (Å²) >= 11 is 0. The summed E-state index contributed by atoms with van der Waals surface area (Å²) in [6, 6.07) is 0.0471. The van der Waals surface area contributed by atoms with Crippen LogP contribution in [0.1, 0.15) is 27.2 Å². The van der Waals surface area contributed by atoms with Gasteiger partial charge in [-0.2, -0.15) is 0 Å². The predicted molar refractivity (Wildman–Crippen MR) is 63.4 cm³/mol. The largest absolute Gasteiger partial charge is 0.349 e. The second-order valence-corrected chi connectivity index (χ2v) is 4.54. The molecule has 1 rings (SSSR count). The number of hydrogen-bond acceptors (Lipinski definition) is 1. The van der Waals surface area contributed by atoms with E-state index in [0.29, 0.717) is 6.42 Å². The second kappa shape index (κ2) is 3.69. The molecular weight excluding hydrogens is 186 g/mol. The average molecular weight is 205 g/mol. The third-order valence-electron chi connectivity index (χ3n) is 3.26. The van der Waals surface area contributed by atoms with Crippen molar-refractivity contribution in [3.8, 4) is 0 Å². The Kier molecular flexibility index (Phi) is 2.89. The molecule has 1 heterocycles. The molecule has 0 aromatic heterocycles. The van der Waals surface area contributed by atoms with Crippen molar-refractivity contribution in [3.05, 3.63) is 36.5 Å². The van der Waals surface area contributed by atoms with Crippen LogP contribution in [0.2, 0.25) is 0 Å². The highest BCUT2D eigenvalue weighted by Crippen LogP contribution is 2.43. The zero-order chi connectivity index (χ0) is 11.8. The number of carbonyl (C=O) groups is 1. The van der Waals surface area contributed by atoms with Crippen LogP contribution in [0.4, 0.5) is 0 Å². The summed E-state index contributed by atoms with van der Waals surface area (Å²) in [5, 5.41) is 2.95. The molecule has 1 saturated heterocycles. The van der Waals surface area contributed by atoms with Gasteiger partial charge in [0.15, 0.2) is 0 Å². The topological polar surface area (TPSA) is 29.1 Å². The zero-order valence-corrected chi connectivity index (χ0v) is 9.81. The lowest BCUT2D eigenvalue weighted by Gasteiger charge is -2.27. The monoisotopic (exact) mass is 205 g/mol. The van der Waals surface area contributed by atoms with Crippen molar-refractivity contribution in [3.63, 3.8) is 0 Å². The minimum atomic E-state index is -0.594. The van der Waals surface area contributed by atoms with Crippen molar-refractivity contribution in [2.24, 2.45) is 5.41 Å². The Morgan fingerprint density at radius 2 is 1.73 bits per heavy atom. The van der Waals surface area contributed by atoms with Crippen LogP contribution >= 0.6 is 0 Å². The highest BCUT2D eigenvalue weighted by atomic mass is 16.2. The van der Waals surface area contributed by atoms with Crippen molar-refractivity contribution in [1.29, 1.82) is 0 Å². The highest BCUT2D eigenvalue weighted by Gasteiger charge is 2.48. The first-order valence-corrected chi connectivity index (χ1v) is 5.10. The molecule has 0 radical (unpaired) electrons. The molecule has 15 heavy (non-hydrogen) atoms. The maximum absolute atomic E-state index is 12.0. The van der Waals surface area contributed by atoms with Gasteiger partial charge in [0.05, 0.1) is 11.5 Å². The first-order valence-electron chi connectivity index (χ1n) is 5.10. The molecule has 0 aromatic carbocycles. The van der Waals surface area contributed by atoms with Crippen molar-refractivity contribution >= 4 is 5.91 Å². The van der Waals surface area contributed by atoms with E-state index >= 15 is 0 Å². The van der Waals surface area contributed by atoms with E-state index < -0.39 is 5.41 Å². The first kappa shape index (κ1) is 11.8. The second-order valence-electron chi connectivity index (χ2n) is 4.54. The molecule has 0 spiro atoms. The standard InChI is InChI=1S/C13H19NO/c1-8(2)11-7-13(9(3)4,10(5)6)12(15)14-11/h11H,1,3,5,7H2,2,4,6H3,(H,14,15). The van der Waals surface area contributed by atoms with Gasteiger partial charge in [-0.25, -0.2) is 0 Å². The molecule has 82 valence electrons. The molecule has 1 atom stereocenters. The summed E-state index contributed by atoms with van der Waals surface area (Å²) in [4.78, 5) is 12.0. The van der Waals surface area contributed by atoms with Crippen molar-refractivity contribution in [2.45, 2.75) is 33.2 Å². The number of nitrogens with one attached hydrogen (secondary N) is 1. The van der Waals surface area contributed by atoms with Gasteiger partial charge in [-0.15, -0.1) is 0 Å². The maximum Gasteiger partial charge on any atom is 0.234 e. The zero-order valence-electron chi connectivity index (χ0n) is 9.81. The lowest BCUT2D eigenvalue weighted by molar-refractivity contribution is -0.124. The fourth-order valence-corrected chi connectivity index (χ4v) is 2.13. The fourth-order valence-electron chi connectivity index (χ4n) is 2.13. The van der Waals surface area contributed by atoms with Gasteiger partial charge in [0, 0.05) is 0 Å². The van der Waals surface area contributed by atoms with Crippen LogP contribution in [-0.2, 0) is 4.79 Å². The molecule has 0 bridgehead atoms. The SMILES string of the molecule is C=C(C)C1CC(C(=C)C)(C(=C)C)C(=O)N1. The Bertz CT molecular complexity index is 338. The quantitative estimate of drug-likeness (QED) is 0.705. The van der Waals surface area contributed by atoms with Gasteiger partial charge < -0.3 is 5.32 Å². The van der Waals surface area contributed by atoms with Crippen molar-refractivity contribution in [2.75, 3.05) is 0 Å². The molecule has 2 nitrogen and oxygen atoms in total. The van der Waals surface area contributed by atoms with E-state index in [4.69, 9.17) is 0 Å².